The predicted molar refractivity (Wildman–Crippen MR) is 99.9 cm³/mol. The molecule has 1 aromatic heterocycles. The molecule has 1 aliphatic rings. The summed E-state index contributed by atoms with van der Waals surface area (Å²) in [6.45, 7) is 2.58. The fourth-order valence-electron chi connectivity index (χ4n) is 2.98. The van der Waals surface area contributed by atoms with E-state index in [0.29, 0.717) is 25.9 Å². The first kappa shape index (κ1) is 19.2. The number of nitrogens with one attached hydrogen (secondary N) is 1. The van der Waals surface area contributed by atoms with E-state index in [-0.39, 0.29) is 28.1 Å². The number of aryl methyl sites for hydroxylation is 2. The lowest BCUT2D eigenvalue weighted by Crippen LogP contribution is -2.46. The highest BCUT2D eigenvalue weighted by molar-refractivity contribution is 7.89. The minimum absolute atomic E-state index is 0.138. The maximum absolute atomic E-state index is 12.7. The Morgan fingerprint density at radius 3 is 2.33 bits per heavy atom. The van der Waals surface area contributed by atoms with Gasteiger partial charge in [-0.25, -0.2) is 13.1 Å². The van der Waals surface area contributed by atoms with Crippen molar-refractivity contribution in [1.82, 2.24) is 19.4 Å². The molecule has 2 aromatic rings. The molecule has 0 unspecified atom stereocenters. The van der Waals surface area contributed by atoms with E-state index in [1.54, 1.807) is 24.3 Å². The Bertz CT molecular complexity index is 991. The van der Waals surface area contributed by atoms with E-state index in [9.17, 15) is 18.0 Å². The standard InChI is InChI=1S/C18H22N4O4S/c1-13-3-5-15(6-4-13)27(25,26)22-11-9-14(10-12-22)19-18(24)16-7-8-17(23)21(2)20-16/h3-8,14H,9-12H2,1-2H3,(H,19,24). The molecule has 144 valence electrons. The molecule has 0 radical (unpaired) electrons. The highest BCUT2D eigenvalue weighted by Crippen LogP contribution is 2.21. The molecule has 1 aliphatic heterocycles. The summed E-state index contributed by atoms with van der Waals surface area (Å²) in [5, 5.41) is 6.79. The van der Waals surface area contributed by atoms with Crippen molar-refractivity contribution in [3.8, 4) is 0 Å². The van der Waals surface area contributed by atoms with Crippen LogP contribution in [0.5, 0.6) is 0 Å². The smallest absolute Gasteiger partial charge is 0.271 e. The Balaban J connectivity index is 1.61. The number of aromatic nitrogens is 2. The highest BCUT2D eigenvalue weighted by Gasteiger charge is 2.30. The first-order chi connectivity index (χ1) is 12.8. The van der Waals surface area contributed by atoms with Gasteiger partial charge in [-0.2, -0.15) is 9.40 Å². The third-order valence-corrected chi connectivity index (χ3v) is 6.55. The molecule has 1 amide bonds. The Hall–Kier alpha value is -2.52. The van der Waals surface area contributed by atoms with Crippen molar-refractivity contribution < 1.29 is 13.2 Å². The summed E-state index contributed by atoms with van der Waals surface area (Å²) >= 11 is 0. The topological polar surface area (TPSA) is 101 Å². The number of hydrogen-bond acceptors (Lipinski definition) is 5. The van der Waals surface area contributed by atoms with E-state index in [1.807, 2.05) is 6.92 Å². The van der Waals surface area contributed by atoms with Gasteiger partial charge in [0.05, 0.1) is 4.90 Å². The van der Waals surface area contributed by atoms with Gasteiger partial charge in [0.2, 0.25) is 10.0 Å². The summed E-state index contributed by atoms with van der Waals surface area (Å²) < 4.78 is 28.0. The molecule has 1 aromatic carbocycles. The molecule has 0 saturated carbocycles. The number of benzene rings is 1. The SMILES string of the molecule is Cc1ccc(S(=O)(=O)N2CCC(NC(=O)c3ccc(=O)n(C)n3)CC2)cc1. The molecule has 1 fully saturated rings. The summed E-state index contributed by atoms with van der Waals surface area (Å²) in [7, 11) is -2.04. The van der Waals surface area contributed by atoms with Crippen LogP contribution in [0.2, 0.25) is 0 Å². The minimum atomic E-state index is -3.52. The molecule has 8 nitrogen and oxygen atoms in total. The van der Waals surface area contributed by atoms with Gasteiger partial charge in [0.1, 0.15) is 5.69 Å². The van der Waals surface area contributed by atoms with Gasteiger partial charge < -0.3 is 5.32 Å². The van der Waals surface area contributed by atoms with Gasteiger partial charge >= 0.3 is 0 Å². The van der Waals surface area contributed by atoms with Crippen molar-refractivity contribution in [1.29, 1.82) is 0 Å². The lowest BCUT2D eigenvalue weighted by atomic mass is 10.1. The third kappa shape index (κ3) is 4.25. The molecule has 0 spiro atoms. The number of carbonyl (C=O) groups is 1. The number of amides is 1. The second kappa shape index (κ2) is 7.61. The van der Waals surface area contributed by atoms with E-state index in [1.165, 1.54) is 23.5 Å². The summed E-state index contributed by atoms with van der Waals surface area (Å²) in [5.41, 5.74) is 0.871. The van der Waals surface area contributed by atoms with Crippen LogP contribution in [-0.2, 0) is 17.1 Å². The van der Waals surface area contributed by atoms with E-state index < -0.39 is 10.0 Å². The molecule has 0 atom stereocenters. The van der Waals surface area contributed by atoms with Gasteiger partial charge in [-0.1, -0.05) is 17.7 Å². The van der Waals surface area contributed by atoms with E-state index in [4.69, 9.17) is 0 Å². The summed E-state index contributed by atoms with van der Waals surface area (Å²) in [6, 6.07) is 9.32. The predicted octanol–water partition coefficient (Wildman–Crippen LogP) is 0.672. The van der Waals surface area contributed by atoms with E-state index in [2.05, 4.69) is 10.4 Å². The molecule has 2 heterocycles. The molecule has 27 heavy (non-hydrogen) atoms. The van der Waals surface area contributed by atoms with Crippen molar-refractivity contribution >= 4 is 15.9 Å². The quantitative estimate of drug-likeness (QED) is 0.827. The van der Waals surface area contributed by atoms with Gasteiger partial charge in [-0.05, 0) is 38.0 Å². The number of carbonyl (C=O) groups excluding carboxylic acids is 1. The van der Waals surface area contributed by atoms with Crippen LogP contribution in [-0.4, -0.2) is 47.5 Å². The lowest BCUT2D eigenvalue weighted by Gasteiger charge is -2.31. The highest BCUT2D eigenvalue weighted by atomic mass is 32.2. The van der Waals surface area contributed by atoms with Crippen LogP contribution in [0.1, 0.15) is 28.9 Å². The molecule has 9 heteroatoms. The number of nitrogens with zero attached hydrogens (tertiary/aromatic N) is 3. The van der Waals surface area contributed by atoms with Gasteiger partial charge in [0, 0.05) is 32.2 Å². The van der Waals surface area contributed by atoms with Crippen LogP contribution in [0.25, 0.3) is 0 Å². The zero-order chi connectivity index (χ0) is 19.6. The third-order valence-electron chi connectivity index (χ3n) is 4.64. The molecule has 1 N–H and O–H groups in total. The normalized spacial score (nSPS) is 16.2. The van der Waals surface area contributed by atoms with Crippen molar-refractivity contribution in [2.45, 2.75) is 30.7 Å². The number of piperidine rings is 1. The number of sulfonamides is 1. The Morgan fingerprint density at radius 1 is 1.11 bits per heavy atom. The second-order valence-electron chi connectivity index (χ2n) is 6.65. The van der Waals surface area contributed by atoms with E-state index in [0.717, 1.165) is 10.2 Å². The van der Waals surface area contributed by atoms with Gasteiger partial charge in [0.25, 0.3) is 11.5 Å². The molecule has 0 aliphatic carbocycles. The van der Waals surface area contributed by atoms with Crippen molar-refractivity contribution in [3.05, 3.63) is 58.0 Å². The van der Waals surface area contributed by atoms with Crippen molar-refractivity contribution in [3.63, 3.8) is 0 Å². The van der Waals surface area contributed by atoms with Gasteiger partial charge in [-0.3, -0.25) is 9.59 Å². The summed E-state index contributed by atoms with van der Waals surface area (Å²) in [6.07, 6.45) is 1.03. The number of hydrogen-bond donors (Lipinski definition) is 1. The maximum atomic E-state index is 12.7. The van der Waals surface area contributed by atoms with Crippen LogP contribution in [0.4, 0.5) is 0 Å². The first-order valence-corrected chi connectivity index (χ1v) is 10.1. The maximum Gasteiger partial charge on any atom is 0.271 e. The fourth-order valence-corrected chi connectivity index (χ4v) is 4.45. The van der Waals surface area contributed by atoms with Gasteiger partial charge in [0.15, 0.2) is 0 Å². The Kier molecular flexibility index (Phi) is 5.43. The molecule has 3 rings (SSSR count). The average molecular weight is 390 g/mol. The molecular weight excluding hydrogens is 368 g/mol. The Morgan fingerprint density at radius 2 is 1.74 bits per heavy atom. The van der Waals surface area contributed by atoms with E-state index >= 15 is 0 Å². The van der Waals surface area contributed by atoms with Crippen LogP contribution in [0.3, 0.4) is 0 Å². The van der Waals surface area contributed by atoms with Crippen LogP contribution < -0.4 is 10.9 Å². The fraction of sp³-hybridized carbons (Fsp3) is 0.389. The lowest BCUT2D eigenvalue weighted by molar-refractivity contribution is 0.0916. The molecular formula is C18H22N4O4S. The second-order valence-corrected chi connectivity index (χ2v) is 8.58. The van der Waals surface area contributed by atoms with Crippen molar-refractivity contribution in [2.75, 3.05) is 13.1 Å². The zero-order valence-electron chi connectivity index (χ0n) is 15.3. The first-order valence-electron chi connectivity index (χ1n) is 8.69. The monoisotopic (exact) mass is 390 g/mol. The summed E-state index contributed by atoms with van der Waals surface area (Å²) in [4.78, 5) is 23.9. The Labute approximate surface area is 157 Å². The van der Waals surface area contributed by atoms with Gasteiger partial charge in [-0.15, -0.1) is 0 Å². The number of rotatable bonds is 4. The largest absolute Gasteiger partial charge is 0.348 e. The minimum Gasteiger partial charge on any atom is -0.348 e. The average Bonchev–Trinajstić information content (AvgIpc) is 2.64. The van der Waals surface area contributed by atoms with Crippen LogP contribution in [0.15, 0.2) is 46.1 Å². The summed E-state index contributed by atoms with van der Waals surface area (Å²) in [5.74, 6) is -0.370. The van der Waals surface area contributed by atoms with Crippen LogP contribution >= 0.6 is 0 Å². The zero-order valence-corrected chi connectivity index (χ0v) is 16.1. The van der Waals surface area contributed by atoms with Crippen molar-refractivity contribution in [2.24, 2.45) is 7.05 Å². The van der Waals surface area contributed by atoms with Crippen LogP contribution in [0, 0.1) is 6.92 Å². The molecule has 1 saturated heterocycles. The molecule has 0 bridgehead atoms.